The summed E-state index contributed by atoms with van der Waals surface area (Å²) in [6, 6.07) is 0. The minimum absolute atomic E-state index is 0. The molecule has 0 unspecified atom stereocenters. The zero-order chi connectivity index (χ0) is 13.8. The molecule has 0 saturated heterocycles. The van der Waals surface area contributed by atoms with Gasteiger partial charge in [0.05, 0.1) is 23.8 Å². The first-order chi connectivity index (χ1) is 8.21. The van der Waals surface area contributed by atoms with Crippen LogP contribution in [0.15, 0.2) is 12.4 Å². The maximum atomic E-state index is 3.95. The fourth-order valence-corrected chi connectivity index (χ4v) is 1.13. The van der Waals surface area contributed by atoms with Crippen LogP contribution in [0.5, 0.6) is 0 Å². The van der Waals surface area contributed by atoms with Crippen LogP contribution >= 0.6 is 0 Å². The molecule has 20 heavy (non-hydrogen) atoms. The molecule has 0 radical (unpaired) electrons. The van der Waals surface area contributed by atoms with Crippen molar-refractivity contribution in [2.24, 2.45) is 0 Å². The van der Waals surface area contributed by atoms with E-state index in [1.165, 1.54) is 0 Å². The maximum Gasteiger partial charge on any atom is 0.0877 e. The molecule has 0 aliphatic rings. The summed E-state index contributed by atoms with van der Waals surface area (Å²) >= 11 is 0. The second-order valence-corrected chi connectivity index (χ2v) is 6.21. The summed E-state index contributed by atoms with van der Waals surface area (Å²) in [7, 11) is 0. The Kier molecular flexibility index (Phi) is 8.00. The maximum absolute atomic E-state index is 3.95. The van der Waals surface area contributed by atoms with Gasteiger partial charge in [0, 0.05) is 10.8 Å². The van der Waals surface area contributed by atoms with E-state index in [0.717, 1.165) is 11.4 Å². The van der Waals surface area contributed by atoms with E-state index in [9.17, 15) is 0 Å². The van der Waals surface area contributed by atoms with Gasteiger partial charge in [0.1, 0.15) is 0 Å². The third-order valence-electron chi connectivity index (χ3n) is 2.37. The fourth-order valence-electron chi connectivity index (χ4n) is 1.13. The van der Waals surface area contributed by atoms with E-state index < -0.39 is 0 Å². The predicted molar refractivity (Wildman–Crippen MR) is 83.6 cm³/mol. The van der Waals surface area contributed by atoms with Gasteiger partial charge < -0.3 is 0 Å². The summed E-state index contributed by atoms with van der Waals surface area (Å²) in [5, 5.41) is 20.5. The highest BCUT2D eigenvalue weighted by molar-refractivity contribution is 5.05. The van der Waals surface area contributed by atoms with E-state index in [4.69, 9.17) is 0 Å². The van der Waals surface area contributed by atoms with E-state index in [-0.39, 0.29) is 25.7 Å². The standard InChI is InChI=1S/2C6H11N3.2CH4/c2*1-6(2,3)5-4-7-9-8-5;;/h2*4H,1-3H3,(H,7,8,9);2*1H4. The Balaban J connectivity index is 0. The lowest BCUT2D eigenvalue weighted by molar-refractivity contribution is 0.566. The number of aromatic nitrogens is 6. The van der Waals surface area contributed by atoms with Crippen molar-refractivity contribution in [3.05, 3.63) is 23.8 Å². The zero-order valence-corrected chi connectivity index (χ0v) is 11.9. The number of hydrogen-bond donors (Lipinski definition) is 2. The number of rotatable bonds is 0. The summed E-state index contributed by atoms with van der Waals surface area (Å²) in [6.07, 6.45) is 3.50. The van der Waals surface area contributed by atoms with Crippen molar-refractivity contribution in [3.8, 4) is 0 Å². The first kappa shape index (κ1) is 20.6. The van der Waals surface area contributed by atoms with Crippen LogP contribution in [0.4, 0.5) is 0 Å². The Bertz CT molecular complexity index is 387. The highest BCUT2D eigenvalue weighted by Gasteiger charge is 2.16. The molecular formula is C14H30N6. The van der Waals surface area contributed by atoms with Crippen molar-refractivity contribution in [2.75, 3.05) is 0 Å². The molecule has 6 heteroatoms. The SMILES string of the molecule is C.C.CC(C)(C)c1cn[nH]n1.CC(C)(C)c1cn[nH]n1. The van der Waals surface area contributed by atoms with E-state index in [1.54, 1.807) is 12.4 Å². The Hall–Kier alpha value is -1.72. The smallest absolute Gasteiger partial charge is 0.0877 e. The van der Waals surface area contributed by atoms with Crippen LogP contribution in [0.25, 0.3) is 0 Å². The normalized spacial score (nSPS) is 10.7. The topological polar surface area (TPSA) is 83.1 Å². The van der Waals surface area contributed by atoms with Crippen LogP contribution in [0.1, 0.15) is 67.8 Å². The summed E-state index contributed by atoms with van der Waals surface area (Å²) in [5.74, 6) is 0. The molecule has 0 aliphatic heterocycles. The van der Waals surface area contributed by atoms with Crippen LogP contribution in [-0.2, 0) is 10.8 Å². The van der Waals surface area contributed by atoms with Crippen molar-refractivity contribution < 1.29 is 0 Å². The van der Waals surface area contributed by atoms with E-state index in [2.05, 4.69) is 72.4 Å². The van der Waals surface area contributed by atoms with Gasteiger partial charge in [-0.15, -0.1) is 0 Å². The highest BCUT2D eigenvalue weighted by atomic mass is 15.3. The molecular weight excluding hydrogens is 252 g/mol. The van der Waals surface area contributed by atoms with Crippen LogP contribution in [0.3, 0.4) is 0 Å². The molecule has 0 saturated carbocycles. The van der Waals surface area contributed by atoms with Gasteiger partial charge in [-0.05, 0) is 0 Å². The summed E-state index contributed by atoms with van der Waals surface area (Å²) in [6.45, 7) is 12.6. The highest BCUT2D eigenvalue weighted by Crippen LogP contribution is 2.17. The molecule has 0 fully saturated rings. The second-order valence-electron chi connectivity index (χ2n) is 6.21. The minimum Gasteiger partial charge on any atom is -0.198 e. The first-order valence-electron chi connectivity index (χ1n) is 5.94. The lowest BCUT2D eigenvalue weighted by Crippen LogP contribution is -2.11. The van der Waals surface area contributed by atoms with Gasteiger partial charge in [-0.2, -0.15) is 30.8 Å². The van der Waals surface area contributed by atoms with Crippen molar-refractivity contribution in [1.29, 1.82) is 0 Å². The summed E-state index contributed by atoms with van der Waals surface area (Å²) in [5.41, 5.74) is 2.24. The van der Waals surface area contributed by atoms with Crippen molar-refractivity contribution in [3.63, 3.8) is 0 Å². The van der Waals surface area contributed by atoms with Crippen molar-refractivity contribution in [1.82, 2.24) is 30.8 Å². The predicted octanol–water partition coefficient (Wildman–Crippen LogP) is 3.48. The van der Waals surface area contributed by atoms with E-state index >= 15 is 0 Å². The average molecular weight is 282 g/mol. The van der Waals surface area contributed by atoms with Crippen LogP contribution in [-0.4, -0.2) is 30.8 Å². The molecule has 2 heterocycles. The van der Waals surface area contributed by atoms with Crippen LogP contribution in [0.2, 0.25) is 0 Å². The molecule has 2 aromatic heterocycles. The van der Waals surface area contributed by atoms with Crippen LogP contribution < -0.4 is 0 Å². The Morgan fingerprint density at radius 2 is 1.00 bits per heavy atom. The summed E-state index contributed by atoms with van der Waals surface area (Å²) in [4.78, 5) is 0. The van der Waals surface area contributed by atoms with Gasteiger partial charge in [0.25, 0.3) is 0 Å². The molecule has 0 spiro atoms. The van der Waals surface area contributed by atoms with Gasteiger partial charge in [-0.3, -0.25) is 0 Å². The minimum atomic E-state index is 0. The van der Waals surface area contributed by atoms with Gasteiger partial charge in [-0.25, -0.2) is 0 Å². The average Bonchev–Trinajstić information content (AvgIpc) is 2.91. The molecule has 0 amide bonds. The molecule has 0 aromatic carbocycles. The molecule has 2 rings (SSSR count). The molecule has 2 N–H and O–H groups in total. The lowest BCUT2D eigenvalue weighted by Gasteiger charge is -2.12. The molecule has 0 bridgehead atoms. The number of nitrogens with one attached hydrogen (secondary N) is 2. The molecule has 6 nitrogen and oxygen atoms in total. The number of aromatic amines is 2. The third-order valence-corrected chi connectivity index (χ3v) is 2.37. The largest absolute Gasteiger partial charge is 0.198 e. The molecule has 2 aromatic rings. The van der Waals surface area contributed by atoms with Gasteiger partial charge in [-0.1, -0.05) is 56.4 Å². The van der Waals surface area contributed by atoms with Gasteiger partial charge in [0.15, 0.2) is 0 Å². The number of hydrogen-bond acceptors (Lipinski definition) is 4. The van der Waals surface area contributed by atoms with E-state index in [1.807, 2.05) is 0 Å². The Morgan fingerprint density at radius 1 is 0.700 bits per heavy atom. The van der Waals surface area contributed by atoms with Gasteiger partial charge >= 0.3 is 0 Å². The van der Waals surface area contributed by atoms with Crippen LogP contribution in [0, 0.1) is 0 Å². The zero-order valence-electron chi connectivity index (χ0n) is 11.9. The lowest BCUT2D eigenvalue weighted by atomic mass is 9.93. The second kappa shape index (κ2) is 7.77. The Labute approximate surface area is 122 Å². The third kappa shape index (κ3) is 6.45. The monoisotopic (exact) mass is 282 g/mol. The first-order valence-corrected chi connectivity index (χ1v) is 5.94. The molecule has 116 valence electrons. The molecule has 0 atom stereocenters. The Morgan fingerprint density at radius 3 is 1.10 bits per heavy atom. The summed E-state index contributed by atoms with van der Waals surface area (Å²) < 4.78 is 0. The van der Waals surface area contributed by atoms with Crippen molar-refractivity contribution in [2.45, 2.75) is 67.2 Å². The quantitative estimate of drug-likeness (QED) is 0.775. The van der Waals surface area contributed by atoms with Crippen molar-refractivity contribution >= 4 is 0 Å². The number of nitrogens with zero attached hydrogens (tertiary/aromatic N) is 4. The number of H-pyrrole nitrogens is 2. The fraction of sp³-hybridized carbons (Fsp3) is 0.714. The van der Waals surface area contributed by atoms with Gasteiger partial charge in [0.2, 0.25) is 0 Å². The molecule has 0 aliphatic carbocycles. The van der Waals surface area contributed by atoms with E-state index in [0.29, 0.717) is 0 Å².